The van der Waals surface area contributed by atoms with Gasteiger partial charge < -0.3 is 4.74 Å². The van der Waals surface area contributed by atoms with Crippen LogP contribution in [0.15, 0.2) is 48.5 Å². The molecular weight excluding hydrogens is 296 g/mol. The van der Waals surface area contributed by atoms with Crippen LogP contribution in [-0.2, 0) is 5.88 Å². The molecule has 1 heterocycles. The van der Waals surface area contributed by atoms with Crippen molar-refractivity contribution in [3.05, 3.63) is 65.9 Å². The Bertz CT molecular complexity index is 787. The molecule has 0 fully saturated rings. The van der Waals surface area contributed by atoms with Gasteiger partial charge in [-0.05, 0) is 17.5 Å². The number of hydrogen-bond acceptors (Lipinski definition) is 2. The minimum atomic E-state index is -0.706. The molecule has 0 spiro atoms. The van der Waals surface area contributed by atoms with E-state index in [2.05, 4.69) is 4.98 Å². The summed E-state index contributed by atoms with van der Waals surface area (Å²) in [6.07, 6.45) is 0. The van der Waals surface area contributed by atoms with Gasteiger partial charge in [-0.2, -0.15) is 0 Å². The van der Waals surface area contributed by atoms with Gasteiger partial charge in [0.1, 0.15) is 17.4 Å². The van der Waals surface area contributed by atoms with Crippen molar-refractivity contribution < 1.29 is 13.5 Å². The van der Waals surface area contributed by atoms with Gasteiger partial charge in [-0.15, -0.1) is 11.6 Å². The number of pyridine rings is 1. The first-order chi connectivity index (χ1) is 10.2. The number of hydrogen-bond donors (Lipinski definition) is 0. The number of fused-ring (bicyclic) bond motifs is 1. The van der Waals surface area contributed by atoms with E-state index in [1.54, 1.807) is 0 Å². The highest BCUT2D eigenvalue weighted by molar-refractivity contribution is 6.17. The minimum absolute atomic E-state index is 0.0527. The zero-order chi connectivity index (χ0) is 14.8. The Morgan fingerprint density at radius 2 is 1.71 bits per heavy atom. The molecule has 3 aromatic rings. The molecule has 0 atom stereocenters. The molecule has 21 heavy (non-hydrogen) atoms. The van der Waals surface area contributed by atoms with E-state index >= 15 is 0 Å². The van der Waals surface area contributed by atoms with Crippen LogP contribution in [-0.4, -0.2) is 4.98 Å². The Hall–Kier alpha value is -2.20. The van der Waals surface area contributed by atoms with Crippen LogP contribution in [0.2, 0.25) is 0 Å². The monoisotopic (exact) mass is 305 g/mol. The van der Waals surface area contributed by atoms with Crippen molar-refractivity contribution in [2.75, 3.05) is 0 Å². The molecule has 0 saturated carbocycles. The van der Waals surface area contributed by atoms with Crippen LogP contribution < -0.4 is 4.74 Å². The third-order valence-electron chi connectivity index (χ3n) is 2.95. The predicted octanol–water partition coefficient (Wildman–Crippen LogP) is 5.04. The fourth-order valence-corrected chi connectivity index (χ4v) is 2.20. The Morgan fingerprint density at radius 1 is 1.00 bits per heavy atom. The minimum Gasteiger partial charge on any atom is -0.438 e. The van der Waals surface area contributed by atoms with E-state index in [9.17, 15) is 8.78 Å². The molecule has 5 heteroatoms. The highest BCUT2D eigenvalue weighted by atomic mass is 35.5. The normalized spacial score (nSPS) is 10.8. The van der Waals surface area contributed by atoms with Crippen molar-refractivity contribution in [3.8, 4) is 11.6 Å². The Kier molecular flexibility index (Phi) is 3.71. The Morgan fingerprint density at radius 3 is 2.43 bits per heavy atom. The molecule has 3 rings (SSSR count). The second kappa shape index (κ2) is 5.66. The van der Waals surface area contributed by atoms with Gasteiger partial charge in [-0.3, -0.25) is 0 Å². The van der Waals surface area contributed by atoms with E-state index in [1.807, 2.05) is 30.3 Å². The number of ether oxygens (including phenoxy) is 1. The van der Waals surface area contributed by atoms with E-state index in [-0.39, 0.29) is 17.5 Å². The average molecular weight is 306 g/mol. The van der Waals surface area contributed by atoms with E-state index in [0.717, 1.165) is 29.0 Å². The molecule has 0 aliphatic rings. The van der Waals surface area contributed by atoms with Crippen molar-refractivity contribution in [1.29, 1.82) is 0 Å². The molecule has 0 bridgehead atoms. The Labute approximate surface area is 125 Å². The van der Waals surface area contributed by atoms with Crippen LogP contribution in [0.3, 0.4) is 0 Å². The third kappa shape index (κ3) is 2.95. The summed E-state index contributed by atoms with van der Waals surface area (Å²) < 4.78 is 32.0. The number of halogens is 3. The molecule has 0 unspecified atom stereocenters. The zero-order valence-electron chi connectivity index (χ0n) is 10.8. The molecule has 1 aromatic heterocycles. The maximum absolute atomic E-state index is 13.2. The van der Waals surface area contributed by atoms with Gasteiger partial charge >= 0.3 is 0 Å². The van der Waals surface area contributed by atoms with Crippen LogP contribution in [0, 0.1) is 11.6 Å². The standard InChI is InChI=1S/C16H10ClF2NO/c17-9-13-5-10-3-1-2-4-15(10)16(20-13)21-14-7-11(18)6-12(19)8-14/h1-8H,9H2. The van der Waals surface area contributed by atoms with E-state index < -0.39 is 11.6 Å². The van der Waals surface area contributed by atoms with Gasteiger partial charge in [0.25, 0.3) is 0 Å². The van der Waals surface area contributed by atoms with Gasteiger partial charge in [0, 0.05) is 23.6 Å². The van der Waals surface area contributed by atoms with Crippen LogP contribution in [0.5, 0.6) is 11.6 Å². The van der Waals surface area contributed by atoms with Crippen molar-refractivity contribution >= 4 is 22.4 Å². The molecule has 2 aromatic carbocycles. The lowest BCUT2D eigenvalue weighted by molar-refractivity contribution is 0.455. The van der Waals surface area contributed by atoms with Gasteiger partial charge in [-0.25, -0.2) is 13.8 Å². The van der Waals surface area contributed by atoms with E-state index in [0.29, 0.717) is 5.69 Å². The number of aromatic nitrogens is 1. The van der Waals surface area contributed by atoms with Crippen LogP contribution >= 0.6 is 11.6 Å². The first-order valence-electron chi connectivity index (χ1n) is 6.24. The lowest BCUT2D eigenvalue weighted by Gasteiger charge is -2.10. The summed E-state index contributed by atoms with van der Waals surface area (Å²) in [5.41, 5.74) is 0.627. The van der Waals surface area contributed by atoms with Crippen molar-refractivity contribution in [2.24, 2.45) is 0 Å². The van der Waals surface area contributed by atoms with E-state index in [1.165, 1.54) is 0 Å². The highest BCUT2D eigenvalue weighted by Gasteiger charge is 2.09. The summed E-state index contributed by atoms with van der Waals surface area (Å²) in [5.74, 6) is -0.866. The summed E-state index contributed by atoms with van der Waals surface area (Å²) in [7, 11) is 0. The highest BCUT2D eigenvalue weighted by Crippen LogP contribution is 2.29. The fourth-order valence-electron chi connectivity index (χ4n) is 2.07. The number of benzene rings is 2. The maximum Gasteiger partial charge on any atom is 0.227 e. The fraction of sp³-hybridized carbons (Fsp3) is 0.0625. The summed E-state index contributed by atoms with van der Waals surface area (Å²) in [6.45, 7) is 0. The maximum atomic E-state index is 13.2. The summed E-state index contributed by atoms with van der Waals surface area (Å²) in [4.78, 5) is 4.27. The lowest BCUT2D eigenvalue weighted by atomic mass is 10.1. The second-order valence-corrected chi connectivity index (χ2v) is 4.75. The smallest absolute Gasteiger partial charge is 0.227 e. The van der Waals surface area contributed by atoms with Gasteiger partial charge in [-0.1, -0.05) is 18.2 Å². The number of rotatable bonds is 3. The van der Waals surface area contributed by atoms with Gasteiger partial charge in [0.2, 0.25) is 5.88 Å². The van der Waals surface area contributed by atoms with E-state index in [4.69, 9.17) is 16.3 Å². The summed E-state index contributed by atoms with van der Waals surface area (Å²) >= 11 is 5.81. The van der Waals surface area contributed by atoms with Crippen molar-refractivity contribution in [2.45, 2.75) is 5.88 Å². The average Bonchev–Trinajstić information content (AvgIpc) is 2.46. The topological polar surface area (TPSA) is 22.1 Å². The van der Waals surface area contributed by atoms with Crippen molar-refractivity contribution in [1.82, 2.24) is 4.98 Å². The lowest BCUT2D eigenvalue weighted by Crippen LogP contribution is -1.94. The quantitative estimate of drug-likeness (QED) is 0.632. The SMILES string of the molecule is Fc1cc(F)cc(Oc2nc(CCl)cc3ccccc23)c1. The molecular formula is C16H10ClF2NO. The molecule has 0 aliphatic heterocycles. The first kappa shape index (κ1) is 13.8. The third-order valence-corrected chi connectivity index (χ3v) is 3.22. The largest absolute Gasteiger partial charge is 0.438 e. The number of alkyl halides is 1. The molecule has 0 amide bonds. The summed E-state index contributed by atoms with van der Waals surface area (Å²) in [6, 6.07) is 12.3. The van der Waals surface area contributed by atoms with Crippen LogP contribution in [0.25, 0.3) is 10.8 Å². The molecule has 0 saturated heterocycles. The predicted molar refractivity (Wildman–Crippen MR) is 77.7 cm³/mol. The van der Waals surface area contributed by atoms with Crippen LogP contribution in [0.1, 0.15) is 5.69 Å². The second-order valence-electron chi connectivity index (χ2n) is 4.48. The summed E-state index contributed by atoms with van der Waals surface area (Å²) in [5, 5.41) is 1.64. The molecule has 0 radical (unpaired) electrons. The molecule has 2 nitrogen and oxygen atoms in total. The zero-order valence-corrected chi connectivity index (χ0v) is 11.6. The molecule has 106 valence electrons. The Balaban J connectivity index is 2.10. The van der Waals surface area contributed by atoms with Crippen LogP contribution in [0.4, 0.5) is 8.78 Å². The van der Waals surface area contributed by atoms with Gasteiger partial charge in [0.05, 0.1) is 11.6 Å². The van der Waals surface area contributed by atoms with Crippen molar-refractivity contribution in [3.63, 3.8) is 0 Å². The van der Waals surface area contributed by atoms with Gasteiger partial charge in [0.15, 0.2) is 0 Å². The number of nitrogens with zero attached hydrogens (tertiary/aromatic N) is 1. The molecule has 0 N–H and O–H groups in total. The molecule has 0 aliphatic carbocycles. The first-order valence-corrected chi connectivity index (χ1v) is 6.78.